The van der Waals surface area contributed by atoms with Crippen LogP contribution in [0.4, 0.5) is 0 Å². The molecule has 2 rings (SSSR count). The second-order valence-corrected chi connectivity index (χ2v) is 10.1. The monoisotopic (exact) mass is 407 g/mol. The average Bonchev–Trinajstić information content (AvgIpc) is 2.64. The second kappa shape index (κ2) is 8.83. The Bertz CT molecular complexity index is 940. The predicted octanol–water partition coefficient (Wildman–Crippen LogP) is 1.79. The van der Waals surface area contributed by atoms with Gasteiger partial charge in [0.15, 0.2) is 14.7 Å². The summed E-state index contributed by atoms with van der Waals surface area (Å²) in [7, 11) is -2.99. The molecule has 0 aliphatic rings. The van der Waals surface area contributed by atoms with Gasteiger partial charge in [-0.1, -0.05) is 42.5 Å². The van der Waals surface area contributed by atoms with Gasteiger partial charge in [0.1, 0.15) is 6.04 Å². The highest BCUT2D eigenvalue weighted by Crippen LogP contribution is 2.13. The molecule has 0 radical (unpaired) electrons. The van der Waals surface area contributed by atoms with Crippen molar-refractivity contribution in [2.24, 2.45) is 0 Å². The topological polar surface area (TPSA) is 118 Å². The third kappa shape index (κ3) is 6.22. The van der Waals surface area contributed by atoms with Crippen molar-refractivity contribution in [3.8, 4) is 0 Å². The zero-order chi connectivity index (χ0) is 20.0. The number of benzene rings is 2. The summed E-state index contributed by atoms with van der Waals surface area (Å²) in [6.07, 6.45) is 0.959. The Morgan fingerprint density at radius 3 is 2.00 bits per heavy atom. The summed E-state index contributed by atoms with van der Waals surface area (Å²) in [4.78, 5) is 35.8. The molecule has 0 fully saturated rings. The van der Waals surface area contributed by atoms with Crippen molar-refractivity contribution in [3.63, 3.8) is 0 Å². The van der Waals surface area contributed by atoms with Crippen LogP contribution in [-0.4, -0.2) is 49.2 Å². The molecular formula is C18H17NO6S2. The molecule has 0 saturated carbocycles. The molecule has 27 heavy (non-hydrogen) atoms. The first kappa shape index (κ1) is 20.7. The Hall–Kier alpha value is -2.65. The molecule has 0 aliphatic heterocycles. The van der Waals surface area contributed by atoms with Gasteiger partial charge < -0.3 is 10.4 Å². The van der Waals surface area contributed by atoms with Gasteiger partial charge >= 0.3 is 5.97 Å². The van der Waals surface area contributed by atoms with Crippen molar-refractivity contribution in [1.29, 1.82) is 0 Å². The zero-order valence-electron chi connectivity index (χ0n) is 14.3. The van der Waals surface area contributed by atoms with Gasteiger partial charge in [0.05, 0.1) is 0 Å². The van der Waals surface area contributed by atoms with E-state index in [1.807, 2.05) is 0 Å². The third-order valence-electron chi connectivity index (χ3n) is 3.50. The Balaban J connectivity index is 2.08. The minimum Gasteiger partial charge on any atom is -0.480 e. The highest BCUT2D eigenvalue weighted by molar-refractivity contribution is 8.71. The molecule has 0 spiro atoms. The largest absolute Gasteiger partial charge is 0.480 e. The molecule has 142 valence electrons. The Morgan fingerprint density at radius 1 is 0.963 bits per heavy atom. The van der Waals surface area contributed by atoms with Crippen LogP contribution in [0, 0.1) is 0 Å². The molecule has 0 aliphatic carbocycles. The summed E-state index contributed by atoms with van der Waals surface area (Å²) in [5.74, 6) is -2.52. The summed E-state index contributed by atoms with van der Waals surface area (Å²) in [5.41, 5.74) is 1.06. The number of ketones is 1. The molecule has 2 N–H and O–H groups in total. The number of hydrogen-bond donors (Lipinski definition) is 2. The number of hydrogen-bond acceptors (Lipinski definition) is 6. The molecule has 0 unspecified atom stereocenters. The van der Waals surface area contributed by atoms with E-state index in [9.17, 15) is 22.8 Å². The van der Waals surface area contributed by atoms with E-state index in [4.69, 9.17) is 5.11 Å². The fraction of sp³-hybridized carbons (Fsp3) is 0.167. The van der Waals surface area contributed by atoms with E-state index in [1.165, 1.54) is 24.3 Å². The van der Waals surface area contributed by atoms with Crippen LogP contribution < -0.4 is 5.32 Å². The summed E-state index contributed by atoms with van der Waals surface area (Å²) in [5, 5.41) is 11.4. The van der Waals surface area contributed by atoms with E-state index in [0.29, 0.717) is 21.9 Å². The molecule has 1 amide bonds. The minimum atomic E-state index is -3.43. The molecule has 0 heterocycles. The molecule has 2 aromatic carbocycles. The van der Waals surface area contributed by atoms with Gasteiger partial charge in [-0.2, -0.15) is 0 Å². The fourth-order valence-corrected chi connectivity index (χ4v) is 3.90. The van der Waals surface area contributed by atoms with E-state index in [0.717, 1.165) is 6.26 Å². The van der Waals surface area contributed by atoms with Crippen LogP contribution in [0.2, 0.25) is 0 Å². The third-order valence-corrected chi connectivity index (χ3v) is 6.09. The molecule has 0 saturated heterocycles. The van der Waals surface area contributed by atoms with Gasteiger partial charge in [0.25, 0.3) is 5.91 Å². The van der Waals surface area contributed by atoms with Crippen LogP contribution in [0.3, 0.4) is 0 Å². The van der Waals surface area contributed by atoms with Gasteiger partial charge in [-0.05, 0) is 22.9 Å². The van der Waals surface area contributed by atoms with E-state index < -0.39 is 26.8 Å². The van der Waals surface area contributed by atoms with Gasteiger partial charge in [0.2, 0.25) is 0 Å². The van der Waals surface area contributed by atoms with Crippen LogP contribution in [0.25, 0.3) is 0 Å². The number of aliphatic carboxylic acids is 1. The molecule has 2 aromatic rings. The lowest BCUT2D eigenvalue weighted by molar-refractivity contribution is -0.138. The minimum absolute atomic E-state index is 0.162. The standard InChI is InChI=1S/C18H17NO6S2/c1-27(24,25)26-11-15(18(22)23)19-17(21)14-9-7-13(8-10-14)16(20)12-5-3-2-4-6-12/h2-10,15H,11H2,1H3,(H,19,21)(H,22,23)/t15-/m1/s1. The van der Waals surface area contributed by atoms with Crippen molar-refractivity contribution in [1.82, 2.24) is 5.32 Å². The van der Waals surface area contributed by atoms with E-state index in [1.54, 1.807) is 30.3 Å². The highest BCUT2D eigenvalue weighted by Gasteiger charge is 2.23. The smallest absolute Gasteiger partial charge is 0.327 e. The second-order valence-electron chi connectivity index (χ2n) is 5.63. The normalized spacial score (nSPS) is 12.2. The van der Waals surface area contributed by atoms with E-state index in [2.05, 4.69) is 5.32 Å². The Kier molecular flexibility index (Phi) is 6.75. The van der Waals surface area contributed by atoms with Crippen molar-refractivity contribution in [2.75, 3.05) is 12.0 Å². The van der Waals surface area contributed by atoms with E-state index >= 15 is 0 Å². The maximum absolute atomic E-state index is 12.3. The lowest BCUT2D eigenvalue weighted by atomic mass is 10.0. The van der Waals surface area contributed by atoms with Crippen LogP contribution in [0.1, 0.15) is 26.3 Å². The Morgan fingerprint density at radius 2 is 1.48 bits per heavy atom. The fourth-order valence-electron chi connectivity index (χ4n) is 2.14. The first-order valence-corrected chi connectivity index (χ1v) is 11.1. The zero-order valence-corrected chi connectivity index (χ0v) is 15.9. The molecular weight excluding hydrogens is 390 g/mol. The van der Waals surface area contributed by atoms with Crippen LogP contribution in [0.15, 0.2) is 54.6 Å². The molecule has 0 bridgehead atoms. The van der Waals surface area contributed by atoms with Gasteiger partial charge in [-0.25, -0.2) is 13.2 Å². The van der Waals surface area contributed by atoms with Gasteiger partial charge in [-0.3, -0.25) is 9.59 Å². The Labute approximate surface area is 160 Å². The number of nitrogens with one attached hydrogen (secondary N) is 1. The quantitative estimate of drug-likeness (QED) is 0.506. The summed E-state index contributed by atoms with van der Waals surface area (Å²) in [6, 6.07) is 13.1. The number of carboxylic acid groups (broad SMARTS) is 1. The number of carbonyl (C=O) groups excluding carboxylic acids is 2. The maximum Gasteiger partial charge on any atom is 0.327 e. The average molecular weight is 407 g/mol. The first-order valence-electron chi connectivity index (χ1n) is 7.75. The SMILES string of the molecule is CS(=O)(=O)SC[C@@H](NC(=O)c1ccc(C(=O)c2ccccc2)cc1)C(=O)O. The predicted molar refractivity (Wildman–Crippen MR) is 103 cm³/mol. The number of carboxylic acids is 1. The summed E-state index contributed by atoms with van der Waals surface area (Å²) < 4.78 is 22.3. The molecule has 9 heteroatoms. The summed E-state index contributed by atoms with van der Waals surface area (Å²) in [6.45, 7) is 0. The van der Waals surface area contributed by atoms with Crippen molar-refractivity contribution in [3.05, 3.63) is 71.3 Å². The highest BCUT2D eigenvalue weighted by atomic mass is 33.1. The lowest BCUT2D eigenvalue weighted by Crippen LogP contribution is -2.42. The number of amides is 1. The number of carbonyl (C=O) groups is 3. The maximum atomic E-state index is 12.3. The van der Waals surface area contributed by atoms with Crippen molar-refractivity contribution in [2.45, 2.75) is 6.04 Å². The molecule has 7 nitrogen and oxygen atoms in total. The first-order chi connectivity index (χ1) is 12.7. The van der Waals surface area contributed by atoms with Gasteiger partial charge in [0, 0.05) is 28.7 Å². The van der Waals surface area contributed by atoms with Gasteiger partial charge in [-0.15, -0.1) is 0 Å². The number of rotatable bonds is 8. The van der Waals surface area contributed by atoms with Crippen molar-refractivity contribution >= 4 is 37.3 Å². The van der Waals surface area contributed by atoms with Crippen LogP contribution in [0.5, 0.6) is 0 Å². The molecule has 0 aromatic heterocycles. The van der Waals surface area contributed by atoms with E-state index in [-0.39, 0.29) is 17.1 Å². The van der Waals surface area contributed by atoms with Crippen LogP contribution >= 0.6 is 10.8 Å². The lowest BCUT2D eigenvalue weighted by Gasteiger charge is -2.13. The van der Waals surface area contributed by atoms with Crippen LogP contribution in [-0.2, 0) is 13.7 Å². The van der Waals surface area contributed by atoms with Crippen molar-refractivity contribution < 1.29 is 27.9 Å². The molecule has 1 atom stereocenters. The summed E-state index contributed by atoms with van der Waals surface area (Å²) >= 11 is 0.